The highest BCUT2D eigenvalue weighted by Crippen LogP contribution is 2.41. The Bertz CT molecular complexity index is 1180. The van der Waals surface area contributed by atoms with E-state index in [1.54, 1.807) is 19.3 Å². The highest BCUT2D eigenvalue weighted by molar-refractivity contribution is 5.82. The van der Waals surface area contributed by atoms with Crippen molar-refractivity contribution < 1.29 is 18.7 Å². The zero-order valence-electron chi connectivity index (χ0n) is 19.6. The minimum Gasteiger partial charge on any atom is -0.481 e. The van der Waals surface area contributed by atoms with Gasteiger partial charge in [-0.3, -0.25) is 9.59 Å². The van der Waals surface area contributed by atoms with Crippen LogP contribution in [0.3, 0.4) is 0 Å². The molecule has 6 nitrogen and oxygen atoms in total. The maximum absolute atomic E-state index is 13.2. The lowest BCUT2D eigenvalue weighted by Crippen LogP contribution is -2.41. The SMILES string of the molecule is Cc1cccc(C2c3cc(OC(C)C(=O)NCc4ccco4)ccc3CCN2C(=O)C2CC2)c1. The van der Waals surface area contributed by atoms with Crippen LogP contribution in [0.1, 0.15) is 53.8 Å². The summed E-state index contributed by atoms with van der Waals surface area (Å²) in [4.78, 5) is 27.8. The van der Waals surface area contributed by atoms with Crippen LogP contribution in [0.25, 0.3) is 0 Å². The molecule has 5 rings (SSSR count). The lowest BCUT2D eigenvalue weighted by molar-refractivity contribution is -0.134. The molecule has 1 fully saturated rings. The number of ether oxygens (including phenoxy) is 1. The highest BCUT2D eigenvalue weighted by atomic mass is 16.5. The molecular weight excluding hydrogens is 428 g/mol. The first kappa shape index (κ1) is 22.3. The zero-order chi connectivity index (χ0) is 23.7. The van der Waals surface area contributed by atoms with E-state index in [1.807, 2.05) is 29.2 Å². The van der Waals surface area contributed by atoms with Crippen LogP contribution >= 0.6 is 0 Å². The first-order valence-electron chi connectivity index (χ1n) is 12.0. The van der Waals surface area contributed by atoms with Crippen LogP contribution < -0.4 is 10.1 Å². The summed E-state index contributed by atoms with van der Waals surface area (Å²) in [6.45, 7) is 4.84. The van der Waals surface area contributed by atoms with Gasteiger partial charge in [0.15, 0.2) is 6.10 Å². The molecule has 2 heterocycles. The molecule has 0 saturated heterocycles. The van der Waals surface area contributed by atoms with E-state index in [1.165, 1.54) is 5.56 Å². The van der Waals surface area contributed by atoms with E-state index in [-0.39, 0.29) is 23.8 Å². The van der Waals surface area contributed by atoms with Gasteiger partial charge in [0.1, 0.15) is 11.5 Å². The molecule has 3 aromatic rings. The van der Waals surface area contributed by atoms with Gasteiger partial charge in [0.05, 0.1) is 18.8 Å². The number of carbonyl (C=O) groups excluding carboxylic acids is 2. The zero-order valence-corrected chi connectivity index (χ0v) is 19.6. The van der Waals surface area contributed by atoms with Gasteiger partial charge in [0.2, 0.25) is 5.91 Å². The summed E-state index contributed by atoms with van der Waals surface area (Å²) in [7, 11) is 0. The average Bonchev–Trinajstić information content (AvgIpc) is 3.56. The van der Waals surface area contributed by atoms with Crippen LogP contribution in [0, 0.1) is 12.8 Å². The molecule has 0 spiro atoms. The lowest BCUT2D eigenvalue weighted by Gasteiger charge is -2.38. The van der Waals surface area contributed by atoms with Crippen LogP contribution in [0.15, 0.2) is 65.3 Å². The van der Waals surface area contributed by atoms with Crippen LogP contribution in [0.2, 0.25) is 0 Å². The second kappa shape index (κ2) is 9.37. The first-order chi connectivity index (χ1) is 16.5. The Labute approximate surface area is 199 Å². The van der Waals surface area contributed by atoms with Gasteiger partial charge < -0.3 is 19.4 Å². The largest absolute Gasteiger partial charge is 0.481 e. The van der Waals surface area contributed by atoms with E-state index >= 15 is 0 Å². The van der Waals surface area contributed by atoms with Crippen molar-refractivity contribution in [2.24, 2.45) is 5.92 Å². The molecule has 2 atom stereocenters. The van der Waals surface area contributed by atoms with Crippen molar-refractivity contribution in [3.8, 4) is 5.75 Å². The number of fused-ring (bicyclic) bond motifs is 1. The van der Waals surface area contributed by atoms with E-state index in [0.29, 0.717) is 24.6 Å². The summed E-state index contributed by atoms with van der Waals surface area (Å²) in [5, 5.41) is 2.84. The molecule has 2 amide bonds. The third kappa shape index (κ3) is 4.72. The van der Waals surface area contributed by atoms with Crippen molar-refractivity contribution in [2.75, 3.05) is 6.54 Å². The fraction of sp³-hybridized carbons (Fsp3) is 0.357. The Morgan fingerprint density at radius 2 is 2.00 bits per heavy atom. The fourth-order valence-corrected chi connectivity index (χ4v) is 4.66. The van der Waals surface area contributed by atoms with Crippen molar-refractivity contribution in [1.29, 1.82) is 0 Å². The van der Waals surface area contributed by atoms with E-state index in [9.17, 15) is 9.59 Å². The summed E-state index contributed by atoms with van der Waals surface area (Å²) in [6, 6.07) is 17.8. The first-order valence-corrected chi connectivity index (χ1v) is 12.0. The molecule has 1 aliphatic heterocycles. The smallest absolute Gasteiger partial charge is 0.261 e. The van der Waals surface area contributed by atoms with Crippen LogP contribution in [-0.4, -0.2) is 29.4 Å². The average molecular weight is 459 g/mol. The third-order valence-electron chi connectivity index (χ3n) is 6.61. The molecule has 6 heteroatoms. The predicted molar refractivity (Wildman–Crippen MR) is 128 cm³/mol. The van der Waals surface area contributed by atoms with E-state index in [0.717, 1.165) is 36.0 Å². The van der Waals surface area contributed by atoms with Crippen molar-refractivity contribution >= 4 is 11.8 Å². The summed E-state index contributed by atoms with van der Waals surface area (Å²) in [5.74, 6) is 1.50. The Morgan fingerprint density at radius 3 is 2.74 bits per heavy atom. The normalized spacial score (nSPS) is 18.2. The standard InChI is InChI=1S/C28H30N2O4/c1-18-5-3-6-22(15-18)26-25-16-23(34-19(2)27(31)29-17-24-7-4-14-33-24)11-10-20(25)12-13-30(26)28(32)21-8-9-21/h3-7,10-11,14-16,19,21,26H,8-9,12-13,17H2,1-2H3,(H,29,31). The van der Waals surface area contributed by atoms with Gasteiger partial charge >= 0.3 is 0 Å². The second-order valence-corrected chi connectivity index (χ2v) is 9.29. The third-order valence-corrected chi connectivity index (χ3v) is 6.61. The Morgan fingerprint density at radius 1 is 1.15 bits per heavy atom. The number of aryl methyl sites for hydroxylation is 1. The van der Waals surface area contributed by atoms with Gasteiger partial charge in [0.25, 0.3) is 5.91 Å². The quantitative estimate of drug-likeness (QED) is 0.564. The number of benzene rings is 2. The molecule has 176 valence electrons. The lowest BCUT2D eigenvalue weighted by atomic mass is 9.87. The number of hydrogen-bond acceptors (Lipinski definition) is 4. The van der Waals surface area contributed by atoms with Gasteiger partial charge in [-0.1, -0.05) is 35.9 Å². The number of hydrogen-bond donors (Lipinski definition) is 1. The number of rotatable bonds is 7. The number of nitrogens with one attached hydrogen (secondary N) is 1. The molecule has 0 bridgehead atoms. The van der Waals surface area contributed by atoms with Crippen molar-refractivity contribution in [2.45, 2.75) is 51.8 Å². The number of amides is 2. The van der Waals surface area contributed by atoms with Crippen molar-refractivity contribution in [1.82, 2.24) is 10.2 Å². The summed E-state index contributed by atoms with van der Waals surface area (Å²) >= 11 is 0. The molecule has 2 aromatic carbocycles. The van der Waals surface area contributed by atoms with E-state index in [2.05, 4.69) is 36.5 Å². The monoisotopic (exact) mass is 458 g/mol. The van der Waals surface area contributed by atoms with Gasteiger partial charge in [-0.25, -0.2) is 0 Å². The van der Waals surface area contributed by atoms with Gasteiger partial charge in [0, 0.05) is 12.5 Å². The van der Waals surface area contributed by atoms with Crippen molar-refractivity contribution in [3.63, 3.8) is 0 Å². The summed E-state index contributed by atoms with van der Waals surface area (Å²) in [6.07, 6.45) is 3.69. The molecule has 0 radical (unpaired) electrons. The second-order valence-electron chi connectivity index (χ2n) is 9.29. The minimum atomic E-state index is -0.668. The number of furan rings is 1. The topological polar surface area (TPSA) is 71.8 Å². The minimum absolute atomic E-state index is 0.150. The van der Waals surface area contributed by atoms with Gasteiger partial charge in [-0.05, 0) is 74.1 Å². The summed E-state index contributed by atoms with van der Waals surface area (Å²) in [5.41, 5.74) is 4.56. The van der Waals surface area contributed by atoms with Gasteiger partial charge in [-0.15, -0.1) is 0 Å². The maximum Gasteiger partial charge on any atom is 0.261 e. The summed E-state index contributed by atoms with van der Waals surface area (Å²) < 4.78 is 11.3. The Hall–Kier alpha value is -3.54. The van der Waals surface area contributed by atoms with E-state index < -0.39 is 6.10 Å². The molecule has 1 saturated carbocycles. The van der Waals surface area contributed by atoms with Crippen molar-refractivity contribution in [3.05, 3.63) is 88.9 Å². The maximum atomic E-state index is 13.2. The molecule has 2 unspecified atom stereocenters. The Kier molecular flexibility index (Phi) is 6.14. The molecule has 34 heavy (non-hydrogen) atoms. The van der Waals surface area contributed by atoms with Crippen LogP contribution in [0.4, 0.5) is 0 Å². The number of nitrogens with zero attached hydrogens (tertiary/aromatic N) is 1. The fourth-order valence-electron chi connectivity index (χ4n) is 4.66. The molecule has 1 aliphatic carbocycles. The highest BCUT2D eigenvalue weighted by Gasteiger charge is 2.39. The predicted octanol–water partition coefficient (Wildman–Crippen LogP) is 4.56. The van der Waals surface area contributed by atoms with Crippen LogP contribution in [-0.2, 0) is 22.6 Å². The molecule has 1 N–H and O–H groups in total. The molecule has 2 aliphatic rings. The molecular formula is C28H30N2O4. The van der Waals surface area contributed by atoms with Crippen LogP contribution in [0.5, 0.6) is 5.75 Å². The van der Waals surface area contributed by atoms with E-state index in [4.69, 9.17) is 9.15 Å². The van der Waals surface area contributed by atoms with Gasteiger partial charge in [-0.2, -0.15) is 0 Å². The Balaban J connectivity index is 1.39. The molecule has 1 aromatic heterocycles. The number of carbonyl (C=O) groups is 2.